The summed E-state index contributed by atoms with van der Waals surface area (Å²) >= 11 is 0. The van der Waals surface area contributed by atoms with Gasteiger partial charge in [-0.3, -0.25) is 0 Å². The Morgan fingerprint density at radius 1 is 1.14 bits per heavy atom. The third-order valence-electron chi connectivity index (χ3n) is 7.04. The molecule has 3 rings (SSSR count). The third kappa shape index (κ3) is 7.09. The second kappa shape index (κ2) is 13.1. The van der Waals surface area contributed by atoms with Gasteiger partial charge in [-0.15, -0.1) is 0 Å². The van der Waals surface area contributed by atoms with Crippen LogP contribution in [0.2, 0.25) is 0 Å². The van der Waals surface area contributed by atoms with Crippen molar-refractivity contribution >= 4 is 10.9 Å². The second-order valence-electron chi connectivity index (χ2n) is 9.78. The minimum Gasteiger partial charge on any atom is -0.374 e. The number of ether oxygens (including phenoxy) is 1. The summed E-state index contributed by atoms with van der Waals surface area (Å²) in [5.74, 6) is 0.517. The van der Waals surface area contributed by atoms with Gasteiger partial charge in [0.1, 0.15) is 0 Å². The highest BCUT2D eigenvalue weighted by molar-refractivity contribution is 5.85. The maximum absolute atomic E-state index is 9.16. The fourth-order valence-electron chi connectivity index (χ4n) is 4.61. The summed E-state index contributed by atoms with van der Waals surface area (Å²) in [7, 11) is 0. The lowest BCUT2D eigenvalue weighted by atomic mass is 9.95. The monoisotopic (exact) mass is 480 g/mol. The molecule has 0 radical (unpaired) electrons. The van der Waals surface area contributed by atoms with Gasteiger partial charge in [0, 0.05) is 35.1 Å². The van der Waals surface area contributed by atoms with Crippen molar-refractivity contribution in [2.45, 2.75) is 66.5 Å². The molecule has 1 heterocycles. The van der Waals surface area contributed by atoms with E-state index in [-0.39, 0.29) is 6.10 Å². The van der Waals surface area contributed by atoms with E-state index in [1.54, 1.807) is 0 Å². The Balaban J connectivity index is 1.64. The first-order valence-electron chi connectivity index (χ1n) is 13.0. The quantitative estimate of drug-likeness (QED) is 0.194. The van der Waals surface area contributed by atoms with Crippen LogP contribution in [-0.2, 0) is 24.1 Å². The molecule has 0 N–H and O–H groups in total. The Labute approximate surface area is 217 Å². The highest BCUT2D eigenvalue weighted by Crippen LogP contribution is 2.26. The number of benzene rings is 2. The Morgan fingerprint density at radius 2 is 1.89 bits per heavy atom. The molecule has 0 bridgehead atoms. The van der Waals surface area contributed by atoms with Gasteiger partial charge in [-0.25, -0.2) is 0 Å². The number of nitrogens with zero attached hydrogens (tertiary/aromatic N) is 2. The molecule has 2 aromatic carbocycles. The number of hydrogen-bond donors (Lipinski definition) is 0. The lowest BCUT2D eigenvalue weighted by molar-refractivity contribution is 0.0661. The van der Waals surface area contributed by atoms with Gasteiger partial charge in [0.05, 0.1) is 18.8 Å². The van der Waals surface area contributed by atoms with E-state index in [0.29, 0.717) is 17.9 Å². The minimum atomic E-state index is 0.0528. The zero-order valence-corrected chi connectivity index (χ0v) is 22.6. The lowest BCUT2D eigenvalue weighted by Crippen LogP contribution is -2.16. The van der Waals surface area contributed by atoms with Crippen LogP contribution in [0.4, 0.5) is 0 Å². The predicted molar refractivity (Wildman–Crippen MR) is 152 cm³/mol. The lowest BCUT2D eigenvalue weighted by Gasteiger charge is -2.19. The molecule has 2 atom stereocenters. The van der Waals surface area contributed by atoms with Crippen LogP contribution in [0, 0.1) is 31.1 Å². The summed E-state index contributed by atoms with van der Waals surface area (Å²) in [5, 5.41) is 10.4. The molecule has 188 valence electrons. The van der Waals surface area contributed by atoms with Crippen LogP contribution in [0.15, 0.2) is 84.5 Å². The molecule has 0 amide bonds. The summed E-state index contributed by atoms with van der Waals surface area (Å²) in [6.07, 6.45) is 9.34. The number of nitriles is 1. The first kappa shape index (κ1) is 27.2. The van der Waals surface area contributed by atoms with Gasteiger partial charge >= 0.3 is 0 Å². The Bertz CT molecular complexity index is 1280. The fraction of sp³-hybridized carbons (Fsp3) is 0.364. The van der Waals surface area contributed by atoms with Crippen LogP contribution >= 0.6 is 0 Å². The van der Waals surface area contributed by atoms with Gasteiger partial charge in [-0.05, 0) is 74.4 Å². The molecular weight excluding hydrogens is 440 g/mol. The van der Waals surface area contributed by atoms with Gasteiger partial charge in [-0.2, -0.15) is 5.26 Å². The molecule has 0 saturated heterocycles. The zero-order chi connectivity index (χ0) is 26.1. The standard InChI is InChI=1S/C33H40N2O/c1-7-28(17-16-27(6)36-23-29(8-2)20-30-13-10-9-12-25(30)4)22-35-26(5)19-32-31(18-24(3)21-34)14-11-15-33(32)35/h7,9-17,19,27,29H,3,8,18,20,22-23H2,1-2,4-6H3/b17-16-,28-7+. The van der Waals surface area contributed by atoms with Gasteiger partial charge in [-0.1, -0.05) is 74.5 Å². The smallest absolute Gasteiger partial charge is 0.0944 e. The minimum absolute atomic E-state index is 0.0528. The van der Waals surface area contributed by atoms with E-state index in [0.717, 1.165) is 31.6 Å². The van der Waals surface area contributed by atoms with Crippen LogP contribution in [0.25, 0.3) is 10.9 Å². The summed E-state index contributed by atoms with van der Waals surface area (Å²) in [4.78, 5) is 0. The summed E-state index contributed by atoms with van der Waals surface area (Å²) in [6, 6.07) is 19.4. The molecule has 0 aliphatic carbocycles. The predicted octanol–water partition coefficient (Wildman–Crippen LogP) is 8.06. The maximum atomic E-state index is 9.16. The van der Waals surface area contributed by atoms with E-state index < -0.39 is 0 Å². The van der Waals surface area contributed by atoms with Crippen molar-refractivity contribution in [3.63, 3.8) is 0 Å². The average molecular weight is 481 g/mol. The van der Waals surface area contributed by atoms with Crippen LogP contribution in [0.3, 0.4) is 0 Å². The normalized spacial score (nSPS) is 13.7. The zero-order valence-electron chi connectivity index (χ0n) is 22.6. The fourth-order valence-corrected chi connectivity index (χ4v) is 4.61. The van der Waals surface area contributed by atoms with E-state index >= 15 is 0 Å². The Hall–Kier alpha value is -3.35. The number of aryl methyl sites for hydroxylation is 2. The number of allylic oxidation sites excluding steroid dienone is 4. The first-order chi connectivity index (χ1) is 17.4. The van der Waals surface area contributed by atoms with E-state index in [9.17, 15) is 0 Å². The molecular formula is C33H40N2O. The Kier molecular flexibility index (Phi) is 9.91. The number of aromatic nitrogens is 1. The van der Waals surface area contributed by atoms with E-state index in [4.69, 9.17) is 10.00 Å². The average Bonchev–Trinajstić information content (AvgIpc) is 3.20. The first-order valence-corrected chi connectivity index (χ1v) is 13.0. The molecule has 0 saturated carbocycles. The van der Waals surface area contributed by atoms with Gasteiger partial charge in [0.15, 0.2) is 0 Å². The maximum Gasteiger partial charge on any atom is 0.0944 e. The van der Waals surface area contributed by atoms with Crippen molar-refractivity contribution in [1.82, 2.24) is 4.57 Å². The van der Waals surface area contributed by atoms with Crippen LogP contribution in [0.1, 0.15) is 49.6 Å². The molecule has 0 aliphatic heterocycles. The second-order valence-corrected chi connectivity index (χ2v) is 9.78. The number of hydrogen-bond acceptors (Lipinski definition) is 2. The van der Waals surface area contributed by atoms with E-state index in [1.807, 2.05) is 0 Å². The largest absolute Gasteiger partial charge is 0.374 e. The molecule has 2 unspecified atom stereocenters. The summed E-state index contributed by atoms with van der Waals surface area (Å²) < 4.78 is 8.58. The van der Waals surface area contributed by atoms with Crippen LogP contribution in [-0.4, -0.2) is 17.3 Å². The van der Waals surface area contributed by atoms with E-state index in [1.165, 1.54) is 33.3 Å². The van der Waals surface area contributed by atoms with Crippen molar-refractivity contribution < 1.29 is 4.74 Å². The number of fused-ring (bicyclic) bond motifs is 1. The molecule has 0 fully saturated rings. The molecule has 3 nitrogen and oxygen atoms in total. The summed E-state index contributed by atoms with van der Waals surface area (Å²) in [6.45, 7) is 16.2. The van der Waals surface area contributed by atoms with E-state index in [2.05, 4.69) is 119 Å². The third-order valence-corrected chi connectivity index (χ3v) is 7.04. The van der Waals surface area contributed by atoms with Crippen molar-refractivity contribution in [2.75, 3.05) is 6.61 Å². The van der Waals surface area contributed by atoms with Crippen LogP contribution < -0.4 is 0 Å². The SMILES string of the molecule is C=C(C#N)Cc1cccc2c1cc(C)n2CC(/C=C\C(C)OCC(CC)Cc1ccccc1C)=C/C. The van der Waals surface area contributed by atoms with Gasteiger partial charge < -0.3 is 9.30 Å². The summed E-state index contributed by atoms with van der Waals surface area (Å²) in [5.41, 5.74) is 8.15. The molecule has 3 heteroatoms. The molecule has 1 aromatic heterocycles. The molecule has 36 heavy (non-hydrogen) atoms. The van der Waals surface area contributed by atoms with Gasteiger partial charge in [0.25, 0.3) is 0 Å². The van der Waals surface area contributed by atoms with Crippen molar-refractivity contribution in [1.29, 1.82) is 5.26 Å². The highest BCUT2D eigenvalue weighted by atomic mass is 16.5. The van der Waals surface area contributed by atoms with Crippen molar-refractivity contribution in [2.24, 2.45) is 5.92 Å². The topological polar surface area (TPSA) is 38.0 Å². The molecule has 0 spiro atoms. The number of rotatable bonds is 12. The van der Waals surface area contributed by atoms with Crippen molar-refractivity contribution in [3.05, 3.63) is 107 Å². The van der Waals surface area contributed by atoms with Crippen LogP contribution in [0.5, 0.6) is 0 Å². The Morgan fingerprint density at radius 3 is 2.58 bits per heavy atom. The highest BCUT2D eigenvalue weighted by Gasteiger charge is 2.12. The molecule has 3 aromatic rings. The van der Waals surface area contributed by atoms with Crippen molar-refractivity contribution in [3.8, 4) is 6.07 Å². The molecule has 0 aliphatic rings. The van der Waals surface area contributed by atoms with Gasteiger partial charge in [0.2, 0.25) is 0 Å².